The number of hydrogen-bond donors (Lipinski definition) is 1. The van der Waals surface area contributed by atoms with E-state index >= 15 is 0 Å². The lowest BCUT2D eigenvalue weighted by atomic mass is 9.66. The van der Waals surface area contributed by atoms with Crippen molar-refractivity contribution in [1.82, 2.24) is 5.32 Å². The number of carbonyl (C=O) groups is 1. The van der Waals surface area contributed by atoms with Crippen molar-refractivity contribution in [1.29, 1.82) is 0 Å². The Morgan fingerprint density at radius 2 is 1.46 bits per heavy atom. The zero-order valence-corrected chi connectivity index (χ0v) is 16.1. The fourth-order valence-electron chi connectivity index (χ4n) is 2.30. The van der Waals surface area contributed by atoms with Crippen LogP contribution in [-0.4, -0.2) is 60.3 Å². The molecule has 1 saturated carbocycles. The van der Waals surface area contributed by atoms with Gasteiger partial charge in [-0.1, -0.05) is 0 Å². The lowest BCUT2D eigenvalue weighted by Gasteiger charge is -2.46. The van der Waals surface area contributed by atoms with Crippen LogP contribution < -0.4 is 5.32 Å². The summed E-state index contributed by atoms with van der Waals surface area (Å²) in [5.41, 5.74) is -1.43. The predicted octanol–water partition coefficient (Wildman–Crippen LogP) is 0.612. The molecule has 11 heteroatoms. The van der Waals surface area contributed by atoms with E-state index in [9.17, 15) is 21.6 Å². The molecule has 0 aromatic carbocycles. The Labute approximate surface area is 143 Å². The number of rotatable bonds is 7. The van der Waals surface area contributed by atoms with Crippen molar-refractivity contribution in [3.8, 4) is 0 Å². The summed E-state index contributed by atoms with van der Waals surface area (Å²) in [7, 11) is -7.34. The molecule has 1 rings (SSSR count). The van der Waals surface area contributed by atoms with E-state index in [0.29, 0.717) is 12.8 Å². The lowest BCUT2D eigenvalue weighted by molar-refractivity contribution is -0.0164. The van der Waals surface area contributed by atoms with Crippen LogP contribution in [0.5, 0.6) is 0 Å². The van der Waals surface area contributed by atoms with Crippen LogP contribution in [0.15, 0.2) is 0 Å². The molecule has 0 aliphatic heterocycles. The van der Waals surface area contributed by atoms with Crippen molar-refractivity contribution < 1.29 is 34.7 Å². The van der Waals surface area contributed by atoms with Gasteiger partial charge in [0.2, 0.25) is 0 Å². The molecule has 0 atom stereocenters. The second-order valence-electron chi connectivity index (χ2n) is 7.18. The maximum absolute atomic E-state index is 11.7. The molecule has 9 nitrogen and oxygen atoms in total. The van der Waals surface area contributed by atoms with Gasteiger partial charge in [0.05, 0.1) is 25.7 Å². The minimum absolute atomic E-state index is 0.214. The number of alkyl carbamates (subject to hydrolysis) is 1. The van der Waals surface area contributed by atoms with Gasteiger partial charge in [-0.25, -0.2) is 4.79 Å². The van der Waals surface area contributed by atoms with E-state index in [4.69, 9.17) is 13.1 Å². The van der Waals surface area contributed by atoms with E-state index in [-0.39, 0.29) is 19.3 Å². The Morgan fingerprint density at radius 1 is 1.04 bits per heavy atom. The van der Waals surface area contributed by atoms with Gasteiger partial charge in [0.15, 0.2) is 0 Å². The van der Waals surface area contributed by atoms with Crippen LogP contribution in [-0.2, 0) is 33.3 Å². The Bertz CT molecular complexity index is 619. The average Bonchev–Trinajstić information content (AvgIpc) is 2.25. The number of hydrogen-bond acceptors (Lipinski definition) is 8. The van der Waals surface area contributed by atoms with Gasteiger partial charge in [-0.15, -0.1) is 0 Å². The SMILES string of the molecule is CC(C)(C)OC(=O)NC1CC(COS(C)(=O)=O)(COS(C)(=O)=O)C1. The zero-order valence-electron chi connectivity index (χ0n) is 14.5. The molecular weight excluding hydrogens is 362 g/mol. The molecule has 1 aliphatic carbocycles. The minimum atomic E-state index is -3.67. The van der Waals surface area contributed by atoms with Crippen LogP contribution >= 0.6 is 0 Å². The smallest absolute Gasteiger partial charge is 0.407 e. The normalized spacial score (nSPS) is 18.7. The summed E-state index contributed by atoms with van der Waals surface area (Å²) < 4.78 is 59.4. The van der Waals surface area contributed by atoms with E-state index in [1.165, 1.54) is 0 Å². The third-order valence-corrected chi connectivity index (χ3v) is 4.33. The molecule has 1 fully saturated rings. The highest BCUT2D eigenvalue weighted by Crippen LogP contribution is 2.42. The molecule has 0 unspecified atom stereocenters. The van der Waals surface area contributed by atoms with E-state index in [1.807, 2.05) is 0 Å². The lowest BCUT2D eigenvalue weighted by Crippen LogP contribution is -2.55. The topological polar surface area (TPSA) is 125 Å². The first-order chi connectivity index (χ1) is 10.6. The van der Waals surface area contributed by atoms with Crippen LogP contribution in [0.3, 0.4) is 0 Å². The summed E-state index contributed by atoms with van der Waals surface area (Å²) in [5, 5.41) is 2.65. The Balaban J connectivity index is 2.63. The first-order valence-electron chi connectivity index (χ1n) is 7.28. The van der Waals surface area contributed by atoms with Crippen molar-refractivity contribution in [2.45, 2.75) is 45.3 Å². The van der Waals surface area contributed by atoms with Crippen molar-refractivity contribution in [3.05, 3.63) is 0 Å². The number of carbonyl (C=O) groups excluding carboxylic acids is 1. The Kier molecular flexibility index (Phi) is 6.29. The van der Waals surface area contributed by atoms with Crippen molar-refractivity contribution >= 4 is 26.3 Å². The fraction of sp³-hybridized carbons (Fsp3) is 0.923. The van der Waals surface area contributed by atoms with Gasteiger partial charge < -0.3 is 10.1 Å². The molecule has 0 saturated heterocycles. The maximum Gasteiger partial charge on any atom is 0.407 e. The standard InChI is InChI=1S/C13H25NO8S2/c1-12(2,3)22-11(15)14-10-6-13(7-10,8-20-23(4,16)17)9-21-24(5,18)19/h10H,6-9H2,1-5H3,(H,14,15). The van der Waals surface area contributed by atoms with Crippen molar-refractivity contribution in [2.24, 2.45) is 5.41 Å². The van der Waals surface area contributed by atoms with Crippen LogP contribution in [0, 0.1) is 5.41 Å². The van der Waals surface area contributed by atoms with Crippen LogP contribution in [0.25, 0.3) is 0 Å². The molecule has 0 heterocycles. The summed E-state index contributed by atoms with van der Waals surface area (Å²) in [6.45, 7) is 4.77. The summed E-state index contributed by atoms with van der Waals surface area (Å²) >= 11 is 0. The monoisotopic (exact) mass is 387 g/mol. The van der Waals surface area contributed by atoms with Crippen molar-refractivity contribution in [3.63, 3.8) is 0 Å². The van der Waals surface area contributed by atoms with Gasteiger partial charge in [-0.2, -0.15) is 16.8 Å². The van der Waals surface area contributed by atoms with E-state index in [1.54, 1.807) is 20.8 Å². The van der Waals surface area contributed by atoms with Crippen LogP contribution in [0.1, 0.15) is 33.6 Å². The van der Waals surface area contributed by atoms with Gasteiger partial charge in [-0.05, 0) is 33.6 Å². The van der Waals surface area contributed by atoms with Gasteiger partial charge in [0, 0.05) is 11.5 Å². The highest BCUT2D eigenvalue weighted by atomic mass is 32.2. The largest absolute Gasteiger partial charge is 0.444 e. The van der Waals surface area contributed by atoms with Gasteiger partial charge in [-0.3, -0.25) is 8.37 Å². The molecule has 0 spiro atoms. The summed E-state index contributed by atoms with van der Waals surface area (Å²) in [4.78, 5) is 11.7. The molecule has 0 bridgehead atoms. The summed E-state index contributed by atoms with van der Waals surface area (Å²) in [6.07, 6.45) is 1.86. The molecule has 0 aromatic rings. The third-order valence-electron chi connectivity index (χ3n) is 3.24. The molecule has 0 radical (unpaired) electrons. The minimum Gasteiger partial charge on any atom is -0.444 e. The number of amides is 1. The van der Waals surface area contributed by atoms with Crippen LogP contribution in [0.2, 0.25) is 0 Å². The highest BCUT2D eigenvalue weighted by molar-refractivity contribution is 7.86. The number of nitrogens with one attached hydrogen (secondary N) is 1. The van der Waals surface area contributed by atoms with E-state index in [2.05, 4.69) is 5.32 Å². The maximum atomic E-state index is 11.7. The Hall–Kier alpha value is -0.910. The summed E-state index contributed by atoms with van der Waals surface area (Å²) in [5.74, 6) is 0. The predicted molar refractivity (Wildman–Crippen MR) is 86.4 cm³/mol. The van der Waals surface area contributed by atoms with Gasteiger partial charge in [0.25, 0.3) is 20.2 Å². The van der Waals surface area contributed by atoms with Gasteiger partial charge in [0.1, 0.15) is 5.60 Å². The first kappa shape index (κ1) is 21.1. The zero-order chi connectivity index (χ0) is 18.8. The van der Waals surface area contributed by atoms with Crippen molar-refractivity contribution in [2.75, 3.05) is 25.7 Å². The number of ether oxygens (including phenoxy) is 1. The first-order valence-corrected chi connectivity index (χ1v) is 10.9. The quantitative estimate of drug-likeness (QED) is 0.630. The van der Waals surface area contributed by atoms with E-state index in [0.717, 1.165) is 12.5 Å². The average molecular weight is 387 g/mol. The molecular formula is C13H25NO8S2. The van der Waals surface area contributed by atoms with Crippen LogP contribution in [0.4, 0.5) is 4.79 Å². The third kappa shape index (κ3) is 8.27. The molecule has 1 amide bonds. The molecule has 142 valence electrons. The molecule has 24 heavy (non-hydrogen) atoms. The molecule has 1 N–H and O–H groups in total. The summed E-state index contributed by atoms with van der Waals surface area (Å²) in [6, 6.07) is -0.272. The second kappa shape index (κ2) is 7.14. The molecule has 1 aliphatic rings. The molecule has 0 aromatic heterocycles. The highest BCUT2D eigenvalue weighted by Gasteiger charge is 2.47. The van der Waals surface area contributed by atoms with Gasteiger partial charge >= 0.3 is 6.09 Å². The Morgan fingerprint density at radius 3 is 1.79 bits per heavy atom. The van der Waals surface area contributed by atoms with E-state index < -0.39 is 37.3 Å². The second-order valence-corrected chi connectivity index (χ2v) is 10.5. The fourth-order valence-corrected chi connectivity index (χ4v) is 3.23.